The Labute approximate surface area is 208 Å². The second-order valence-corrected chi connectivity index (χ2v) is 7.35. The number of alkyl halides is 3. The normalized spacial score (nSPS) is 10.3. The molecular formula is C26H16F3N3O5. The number of carboxylic acid groups (broad SMARTS) is 1. The number of nitrogens with zero attached hydrogens (tertiary/aromatic N) is 1. The van der Waals surface area contributed by atoms with Crippen LogP contribution in [0.15, 0.2) is 66.7 Å². The zero-order valence-electron chi connectivity index (χ0n) is 18.7. The topological polar surface area (TPSA) is 129 Å². The molecule has 0 saturated carbocycles. The molecule has 3 aromatic rings. The van der Waals surface area contributed by atoms with Crippen molar-refractivity contribution in [3.63, 3.8) is 0 Å². The molecule has 0 spiro atoms. The molecule has 3 rings (SSSR count). The van der Waals surface area contributed by atoms with Gasteiger partial charge in [-0.15, -0.1) is 13.2 Å². The maximum absolute atomic E-state index is 12.5. The van der Waals surface area contributed by atoms with Crippen molar-refractivity contribution in [2.24, 2.45) is 0 Å². The van der Waals surface area contributed by atoms with E-state index in [1.807, 2.05) is 6.07 Å². The van der Waals surface area contributed by atoms with Crippen LogP contribution in [0, 0.1) is 23.2 Å². The van der Waals surface area contributed by atoms with Gasteiger partial charge < -0.3 is 15.2 Å². The fourth-order valence-electron chi connectivity index (χ4n) is 3.04. The van der Waals surface area contributed by atoms with Crippen LogP contribution in [0.25, 0.3) is 0 Å². The van der Waals surface area contributed by atoms with Crippen LogP contribution in [0.2, 0.25) is 0 Å². The molecule has 0 unspecified atom stereocenters. The van der Waals surface area contributed by atoms with Gasteiger partial charge in [0.05, 0.1) is 29.4 Å². The first-order valence-electron chi connectivity index (χ1n) is 10.4. The monoisotopic (exact) mass is 507 g/mol. The van der Waals surface area contributed by atoms with Crippen molar-refractivity contribution in [1.82, 2.24) is 0 Å². The fraction of sp³-hybridized carbons (Fsp3) is 0.0769. The number of halogens is 3. The molecule has 0 aromatic heterocycles. The SMILES string of the molecule is N#Cc1cccc(C(=O)CC(=O)Nc2cc(C#Cc3ccc(OC(F)(F)F)cc3)ccc2NC(=O)O)c1. The summed E-state index contributed by atoms with van der Waals surface area (Å²) < 4.78 is 40.7. The Balaban J connectivity index is 1.77. The molecular weight excluding hydrogens is 491 g/mol. The van der Waals surface area contributed by atoms with Crippen LogP contribution in [0.1, 0.15) is 33.5 Å². The highest BCUT2D eigenvalue weighted by Gasteiger charge is 2.30. The van der Waals surface area contributed by atoms with E-state index in [9.17, 15) is 27.6 Å². The second-order valence-electron chi connectivity index (χ2n) is 7.35. The summed E-state index contributed by atoms with van der Waals surface area (Å²) in [5.74, 6) is 3.83. The molecule has 2 amide bonds. The number of carbonyl (C=O) groups excluding carboxylic acids is 2. The quantitative estimate of drug-likeness (QED) is 0.240. The fourth-order valence-corrected chi connectivity index (χ4v) is 3.04. The predicted molar refractivity (Wildman–Crippen MR) is 126 cm³/mol. The zero-order valence-corrected chi connectivity index (χ0v) is 18.7. The van der Waals surface area contributed by atoms with Gasteiger partial charge in [-0.05, 0) is 54.6 Å². The van der Waals surface area contributed by atoms with Crippen molar-refractivity contribution in [1.29, 1.82) is 5.26 Å². The number of rotatable bonds is 6. The minimum atomic E-state index is -4.81. The zero-order chi connectivity index (χ0) is 27.0. The molecule has 0 aliphatic carbocycles. The van der Waals surface area contributed by atoms with E-state index in [2.05, 4.69) is 27.2 Å². The van der Waals surface area contributed by atoms with Gasteiger partial charge in [0.15, 0.2) is 5.78 Å². The van der Waals surface area contributed by atoms with Crippen molar-refractivity contribution < 1.29 is 37.4 Å². The van der Waals surface area contributed by atoms with Gasteiger partial charge in [-0.25, -0.2) is 4.79 Å². The van der Waals surface area contributed by atoms with Gasteiger partial charge in [-0.2, -0.15) is 5.26 Å². The molecule has 0 heterocycles. The Bertz CT molecular complexity index is 1450. The lowest BCUT2D eigenvalue weighted by atomic mass is 10.1. The Morgan fingerprint density at radius 1 is 0.865 bits per heavy atom. The molecule has 0 aliphatic heterocycles. The Hall–Kier alpha value is -5.29. The third-order valence-corrected chi connectivity index (χ3v) is 4.61. The van der Waals surface area contributed by atoms with E-state index in [-0.39, 0.29) is 22.5 Å². The van der Waals surface area contributed by atoms with Gasteiger partial charge in [-0.1, -0.05) is 24.0 Å². The smallest absolute Gasteiger partial charge is 0.465 e. The van der Waals surface area contributed by atoms with Crippen LogP contribution in [0.5, 0.6) is 5.75 Å². The standard InChI is InChI=1S/C26H16F3N3O5/c27-26(28,29)37-20-9-6-16(7-10-20)4-5-17-8-11-21(32-25(35)36)22(13-17)31-24(34)14-23(33)19-3-1-2-18(12-19)15-30/h1-3,6-13,32H,14H2,(H,31,34)(H,35,36). The van der Waals surface area contributed by atoms with Crippen molar-refractivity contribution in [2.75, 3.05) is 10.6 Å². The lowest BCUT2D eigenvalue weighted by Crippen LogP contribution is -2.18. The van der Waals surface area contributed by atoms with Gasteiger partial charge in [0.1, 0.15) is 5.75 Å². The minimum absolute atomic E-state index is 0.0268. The Morgan fingerprint density at radius 2 is 1.54 bits per heavy atom. The first kappa shape index (κ1) is 26.3. The van der Waals surface area contributed by atoms with Crippen LogP contribution in [-0.2, 0) is 4.79 Å². The van der Waals surface area contributed by atoms with Gasteiger partial charge in [0.25, 0.3) is 0 Å². The van der Waals surface area contributed by atoms with E-state index in [0.717, 1.165) is 12.1 Å². The molecule has 186 valence electrons. The minimum Gasteiger partial charge on any atom is -0.465 e. The number of nitrogens with one attached hydrogen (secondary N) is 2. The number of anilines is 2. The summed E-state index contributed by atoms with van der Waals surface area (Å²) in [6, 6.07) is 16.8. The number of Topliss-reactive ketones (excluding diaryl/α,β-unsaturated/α-hetero) is 1. The van der Waals surface area contributed by atoms with E-state index in [1.165, 1.54) is 54.6 Å². The summed E-state index contributed by atoms with van der Waals surface area (Å²) in [4.78, 5) is 36.1. The van der Waals surface area contributed by atoms with E-state index in [4.69, 9.17) is 10.4 Å². The summed E-state index contributed by atoms with van der Waals surface area (Å²) in [5, 5.41) is 22.6. The summed E-state index contributed by atoms with van der Waals surface area (Å²) in [6.45, 7) is 0. The van der Waals surface area contributed by atoms with Crippen LogP contribution < -0.4 is 15.4 Å². The number of amides is 2. The van der Waals surface area contributed by atoms with Gasteiger partial charge in [0.2, 0.25) is 5.91 Å². The van der Waals surface area contributed by atoms with Crippen LogP contribution >= 0.6 is 0 Å². The van der Waals surface area contributed by atoms with E-state index in [1.54, 1.807) is 0 Å². The molecule has 0 aliphatic rings. The molecule has 8 nitrogen and oxygen atoms in total. The largest absolute Gasteiger partial charge is 0.573 e. The predicted octanol–water partition coefficient (Wildman–Crippen LogP) is 5.16. The molecule has 0 atom stereocenters. The highest BCUT2D eigenvalue weighted by molar-refractivity contribution is 6.12. The highest BCUT2D eigenvalue weighted by atomic mass is 19.4. The van der Waals surface area contributed by atoms with Crippen LogP contribution in [-0.4, -0.2) is 29.3 Å². The third-order valence-electron chi connectivity index (χ3n) is 4.61. The first-order chi connectivity index (χ1) is 17.5. The van der Waals surface area contributed by atoms with E-state index in [0.29, 0.717) is 11.1 Å². The number of ketones is 1. The van der Waals surface area contributed by atoms with Gasteiger partial charge in [0, 0.05) is 16.7 Å². The number of nitriles is 1. The number of hydrogen-bond acceptors (Lipinski definition) is 5. The Kier molecular flexibility index (Phi) is 8.13. The maximum Gasteiger partial charge on any atom is 0.573 e. The molecule has 3 aromatic carbocycles. The number of hydrogen-bond donors (Lipinski definition) is 3. The summed E-state index contributed by atoms with van der Waals surface area (Å²) in [7, 11) is 0. The van der Waals surface area contributed by atoms with Crippen molar-refractivity contribution in [3.05, 3.63) is 89.0 Å². The number of benzene rings is 3. The van der Waals surface area contributed by atoms with Crippen molar-refractivity contribution in [3.8, 4) is 23.7 Å². The summed E-state index contributed by atoms with van der Waals surface area (Å²) >= 11 is 0. The van der Waals surface area contributed by atoms with E-state index < -0.39 is 36.3 Å². The van der Waals surface area contributed by atoms with Crippen LogP contribution in [0.4, 0.5) is 29.3 Å². The van der Waals surface area contributed by atoms with Crippen molar-refractivity contribution in [2.45, 2.75) is 12.8 Å². The maximum atomic E-state index is 12.5. The number of carbonyl (C=O) groups is 3. The molecule has 0 saturated heterocycles. The lowest BCUT2D eigenvalue weighted by molar-refractivity contribution is -0.274. The summed E-state index contributed by atoms with van der Waals surface area (Å²) in [6.07, 6.45) is -6.77. The van der Waals surface area contributed by atoms with E-state index >= 15 is 0 Å². The van der Waals surface area contributed by atoms with Gasteiger partial charge in [-0.3, -0.25) is 14.9 Å². The molecule has 0 radical (unpaired) electrons. The van der Waals surface area contributed by atoms with Gasteiger partial charge >= 0.3 is 12.5 Å². The molecule has 0 fully saturated rings. The number of ether oxygens (including phenoxy) is 1. The lowest BCUT2D eigenvalue weighted by Gasteiger charge is -2.11. The first-order valence-corrected chi connectivity index (χ1v) is 10.4. The summed E-state index contributed by atoms with van der Waals surface area (Å²) in [5.41, 5.74) is 1.20. The second kappa shape index (κ2) is 11.4. The average molecular weight is 507 g/mol. The molecule has 11 heteroatoms. The van der Waals surface area contributed by atoms with Crippen LogP contribution in [0.3, 0.4) is 0 Å². The molecule has 37 heavy (non-hydrogen) atoms. The highest BCUT2D eigenvalue weighted by Crippen LogP contribution is 2.25. The Morgan fingerprint density at radius 3 is 2.19 bits per heavy atom. The van der Waals surface area contributed by atoms with Crippen molar-refractivity contribution >= 4 is 29.2 Å². The third kappa shape index (κ3) is 8.16. The average Bonchev–Trinajstić information content (AvgIpc) is 2.83. The molecule has 3 N–H and O–H groups in total. The molecule has 0 bridgehead atoms.